The van der Waals surface area contributed by atoms with Crippen LogP contribution >= 0.6 is 12.2 Å². The summed E-state index contributed by atoms with van der Waals surface area (Å²) in [6.07, 6.45) is 0. The van der Waals surface area contributed by atoms with Gasteiger partial charge in [-0.2, -0.15) is 0 Å². The second-order valence-electron chi connectivity index (χ2n) is 8.93. The van der Waals surface area contributed by atoms with Crippen LogP contribution in [0.15, 0.2) is 24.3 Å². The van der Waals surface area contributed by atoms with Crippen LogP contribution in [0.3, 0.4) is 0 Å². The monoisotopic (exact) mass is 415 g/mol. The van der Waals surface area contributed by atoms with Crippen molar-refractivity contribution in [3.63, 3.8) is 0 Å². The summed E-state index contributed by atoms with van der Waals surface area (Å²) in [4.78, 5) is 4.75. The maximum Gasteiger partial charge on any atom is 0.250 e. The van der Waals surface area contributed by atoms with E-state index in [9.17, 15) is 0 Å². The molecule has 6 heteroatoms. The van der Waals surface area contributed by atoms with Gasteiger partial charge >= 0.3 is 0 Å². The largest absolute Gasteiger partial charge is 0.542 e. The van der Waals surface area contributed by atoms with Gasteiger partial charge in [-0.25, -0.2) is 4.98 Å². The van der Waals surface area contributed by atoms with Gasteiger partial charge in [0.1, 0.15) is 11.6 Å². The minimum Gasteiger partial charge on any atom is -0.542 e. The molecule has 1 heterocycles. The first-order valence-corrected chi connectivity index (χ1v) is 12.9. The lowest BCUT2D eigenvalue weighted by molar-refractivity contribution is 0.483. The van der Waals surface area contributed by atoms with Crippen LogP contribution in [0, 0.1) is 27.7 Å². The molecule has 0 radical (unpaired) electrons. The van der Waals surface area contributed by atoms with Gasteiger partial charge in [-0.15, -0.1) is 0 Å². The van der Waals surface area contributed by atoms with E-state index in [0.29, 0.717) is 5.11 Å². The van der Waals surface area contributed by atoms with Crippen LogP contribution in [0.4, 0.5) is 11.5 Å². The number of hydrogen-bond acceptors (Lipinski definition) is 3. The molecule has 0 bridgehead atoms. The highest BCUT2D eigenvalue weighted by atomic mass is 32.1. The van der Waals surface area contributed by atoms with E-state index in [1.54, 1.807) is 0 Å². The highest BCUT2D eigenvalue weighted by molar-refractivity contribution is 7.80. The molecule has 0 atom stereocenters. The lowest BCUT2D eigenvalue weighted by Crippen LogP contribution is -2.44. The van der Waals surface area contributed by atoms with Crippen molar-refractivity contribution in [2.75, 3.05) is 10.6 Å². The van der Waals surface area contributed by atoms with Crippen molar-refractivity contribution in [3.8, 4) is 5.75 Å². The van der Waals surface area contributed by atoms with Crippen LogP contribution < -0.4 is 15.1 Å². The Labute approximate surface area is 176 Å². The van der Waals surface area contributed by atoms with Gasteiger partial charge in [-0.05, 0) is 81.3 Å². The minimum atomic E-state index is -1.94. The second-order valence-corrected chi connectivity index (χ2v) is 14.1. The zero-order valence-corrected chi connectivity index (χ0v) is 20.4. The Balaban J connectivity index is 2.23. The van der Waals surface area contributed by atoms with Crippen LogP contribution in [0.2, 0.25) is 18.1 Å². The predicted molar refractivity (Wildman–Crippen MR) is 127 cm³/mol. The van der Waals surface area contributed by atoms with Crippen molar-refractivity contribution in [1.82, 2.24) is 4.98 Å². The van der Waals surface area contributed by atoms with Crippen molar-refractivity contribution < 1.29 is 4.43 Å². The third-order valence-corrected chi connectivity index (χ3v) is 10.1. The summed E-state index contributed by atoms with van der Waals surface area (Å²) < 4.78 is 6.58. The first-order chi connectivity index (χ1) is 12.8. The van der Waals surface area contributed by atoms with E-state index in [4.69, 9.17) is 21.6 Å². The van der Waals surface area contributed by atoms with E-state index in [1.807, 2.05) is 19.1 Å². The molecule has 2 aromatic rings. The van der Waals surface area contributed by atoms with Gasteiger partial charge in [0, 0.05) is 5.69 Å². The molecule has 0 unspecified atom stereocenters. The average molecular weight is 416 g/mol. The highest BCUT2D eigenvalue weighted by Crippen LogP contribution is 2.40. The Morgan fingerprint density at radius 1 is 0.964 bits per heavy atom. The Bertz CT molecular complexity index is 871. The maximum absolute atomic E-state index is 6.58. The van der Waals surface area contributed by atoms with Crippen molar-refractivity contribution in [1.29, 1.82) is 0 Å². The van der Waals surface area contributed by atoms with E-state index < -0.39 is 8.32 Å². The molecule has 0 fully saturated rings. The van der Waals surface area contributed by atoms with Crippen LogP contribution in [0.25, 0.3) is 0 Å². The second kappa shape index (κ2) is 8.21. The van der Waals surface area contributed by atoms with Crippen molar-refractivity contribution in [2.45, 2.75) is 66.6 Å². The van der Waals surface area contributed by atoms with Gasteiger partial charge in [0.15, 0.2) is 5.11 Å². The Morgan fingerprint density at radius 3 is 2.07 bits per heavy atom. The van der Waals surface area contributed by atoms with Gasteiger partial charge in [-0.1, -0.05) is 38.5 Å². The first kappa shape index (κ1) is 22.4. The number of rotatable bonds is 4. The quantitative estimate of drug-likeness (QED) is 0.440. The number of thiocarbonyl (C=S) groups is 1. The predicted octanol–water partition coefficient (Wildman–Crippen LogP) is 6.51. The summed E-state index contributed by atoms with van der Waals surface area (Å²) >= 11 is 5.48. The van der Waals surface area contributed by atoms with E-state index in [2.05, 4.69) is 77.4 Å². The molecule has 4 nitrogen and oxygen atoms in total. The zero-order valence-electron chi connectivity index (χ0n) is 18.6. The summed E-state index contributed by atoms with van der Waals surface area (Å²) in [6, 6.07) is 8.12. The zero-order chi connectivity index (χ0) is 21.3. The molecule has 0 aliphatic rings. The Kier molecular flexibility index (Phi) is 6.56. The molecule has 0 aliphatic carbocycles. The molecule has 28 heavy (non-hydrogen) atoms. The number of aromatic nitrogens is 1. The highest BCUT2D eigenvalue weighted by Gasteiger charge is 2.39. The van der Waals surface area contributed by atoms with Crippen molar-refractivity contribution in [3.05, 3.63) is 46.6 Å². The molecule has 2 rings (SSSR count). The number of nitrogens with one attached hydrogen (secondary N) is 2. The van der Waals surface area contributed by atoms with E-state index in [1.165, 1.54) is 5.56 Å². The van der Waals surface area contributed by atoms with Crippen LogP contribution in [0.5, 0.6) is 5.75 Å². The summed E-state index contributed by atoms with van der Waals surface area (Å²) in [5.74, 6) is 1.68. The first-order valence-electron chi connectivity index (χ1n) is 9.63. The van der Waals surface area contributed by atoms with Crippen LogP contribution in [-0.2, 0) is 0 Å². The summed E-state index contributed by atoms with van der Waals surface area (Å²) in [6.45, 7) is 19.5. The van der Waals surface area contributed by atoms with E-state index >= 15 is 0 Å². The topological polar surface area (TPSA) is 46.2 Å². The molecular formula is C22H33N3OSSi. The van der Waals surface area contributed by atoms with Crippen LogP contribution in [-0.4, -0.2) is 18.4 Å². The SMILES string of the molecule is Cc1ccc(NC(=S)Nc2nc(C)c(O[Si](C)(C)C(C)(C)C)c(C)c2C)cc1. The molecule has 0 amide bonds. The third-order valence-electron chi connectivity index (χ3n) is 5.57. The summed E-state index contributed by atoms with van der Waals surface area (Å²) in [7, 11) is -1.94. The van der Waals surface area contributed by atoms with Crippen molar-refractivity contribution >= 4 is 37.2 Å². The maximum atomic E-state index is 6.58. The lowest BCUT2D eigenvalue weighted by atomic mass is 10.1. The van der Waals surface area contributed by atoms with Gasteiger partial charge in [0.2, 0.25) is 0 Å². The normalized spacial score (nSPS) is 11.9. The third kappa shape index (κ3) is 5.11. The molecule has 2 N–H and O–H groups in total. The molecule has 0 saturated heterocycles. The van der Waals surface area contributed by atoms with E-state index in [0.717, 1.165) is 34.1 Å². The van der Waals surface area contributed by atoms with Gasteiger partial charge in [0.05, 0.1) is 5.69 Å². The number of aryl methyl sites for hydroxylation is 2. The number of hydrogen-bond donors (Lipinski definition) is 2. The average Bonchev–Trinajstić information content (AvgIpc) is 2.57. The number of benzene rings is 1. The lowest BCUT2D eigenvalue weighted by Gasteiger charge is -2.37. The summed E-state index contributed by atoms with van der Waals surface area (Å²) in [5.41, 5.74) is 5.21. The van der Waals surface area contributed by atoms with Gasteiger partial charge in [-0.3, -0.25) is 0 Å². The number of pyridine rings is 1. The van der Waals surface area contributed by atoms with Crippen LogP contribution in [0.1, 0.15) is 43.2 Å². The van der Waals surface area contributed by atoms with Gasteiger partial charge < -0.3 is 15.1 Å². The molecule has 1 aromatic carbocycles. The Hall–Kier alpha value is -1.92. The molecule has 0 aliphatic heterocycles. The number of nitrogens with zero attached hydrogens (tertiary/aromatic N) is 1. The summed E-state index contributed by atoms with van der Waals surface area (Å²) in [5, 5.41) is 7.11. The fourth-order valence-electron chi connectivity index (χ4n) is 2.51. The standard InChI is InChI=1S/C22H33N3OSSi/c1-14-10-12-18(13-11-14)24-21(27)25-20-16(3)15(2)19(17(4)23-20)26-28(8,9)22(5,6)7/h10-13H,1-9H3,(H2,23,24,25,27). The molecule has 1 aromatic heterocycles. The molecule has 152 valence electrons. The smallest absolute Gasteiger partial charge is 0.250 e. The van der Waals surface area contributed by atoms with Crippen molar-refractivity contribution in [2.24, 2.45) is 0 Å². The minimum absolute atomic E-state index is 0.135. The fraction of sp³-hybridized carbons (Fsp3) is 0.455. The fourth-order valence-corrected chi connectivity index (χ4v) is 3.84. The molecule has 0 spiro atoms. The Morgan fingerprint density at radius 2 is 1.54 bits per heavy atom. The molecular weight excluding hydrogens is 382 g/mol. The van der Waals surface area contributed by atoms with E-state index in [-0.39, 0.29) is 5.04 Å². The van der Waals surface area contributed by atoms with Gasteiger partial charge in [0.25, 0.3) is 8.32 Å². The number of anilines is 2. The molecule has 0 saturated carbocycles.